The summed E-state index contributed by atoms with van der Waals surface area (Å²) in [5.74, 6) is -0.821. The SMILES string of the molecule is O=C(NCCCCc1ccccc1)C(Cc1ccc(C(F)(F)P(=O)(O)O)cc1)NS(=O)(=O)CCc1ccccc1. The molecule has 3 aromatic carbocycles. The number of benzene rings is 3. The van der Waals surface area contributed by atoms with Crippen molar-refractivity contribution < 1.29 is 36.3 Å². The zero-order valence-electron chi connectivity index (χ0n) is 21.7. The maximum atomic E-state index is 14.0. The number of halogens is 2. The fraction of sp³-hybridized carbons (Fsp3) is 0.321. The first-order valence-electron chi connectivity index (χ1n) is 12.8. The number of hydrogen-bond donors (Lipinski definition) is 4. The number of amides is 1. The number of carbonyl (C=O) groups excluding carboxylic acids is 1. The molecule has 1 amide bonds. The molecule has 8 nitrogen and oxygen atoms in total. The molecule has 0 aliphatic heterocycles. The van der Waals surface area contributed by atoms with Crippen LogP contribution in [0, 0.1) is 0 Å². The van der Waals surface area contributed by atoms with Crippen LogP contribution < -0.4 is 10.0 Å². The van der Waals surface area contributed by atoms with E-state index < -0.39 is 40.8 Å². The predicted molar refractivity (Wildman–Crippen MR) is 149 cm³/mol. The van der Waals surface area contributed by atoms with Crippen molar-refractivity contribution in [3.05, 3.63) is 107 Å². The van der Waals surface area contributed by atoms with Gasteiger partial charge in [-0.05, 0) is 48.8 Å². The molecule has 12 heteroatoms. The molecule has 0 spiro atoms. The summed E-state index contributed by atoms with van der Waals surface area (Å²) in [6, 6.07) is 21.7. The Hall–Kier alpha value is -2.95. The third-order valence-corrected chi connectivity index (χ3v) is 8.66. The Bertz CT molecular complexity index is 1390. The molecule has 0 aliphatic carbocycles. The second-order valence-electron chi connectivity index (χ2n) is 9.44. The van der Waals surface area contributed by atoms with E-state index in [0.29, 0.717) is 18.5 Å². The van der Waals surface area contributed by atoms with E-state index in [0.717, 1.165) is 30.5 Å². The minimum absolute atomic E-state index is 0.151. The van der Waals surface area contributed by atoms with Crippen LogP contribution in [0.1, 0.15) is 35.1 Å². The van der Waals surface area contributed by atoms with E-state index in [9.17, 15) is 26.6 Å². The summed E-state index contributed by atoms with van der Waals surface area (Å²) in [5, 5.41) is 2.75. The molecule has 4 N–H and O–H groups in total. The van der Waals surface area contributed by atoms with Crippen LogP contribution in [-0.2, 0) is 44.3 Å². The van der Waals surface area contributed by atoms with Crippen LogP contribution in [0.3, 0.4) is 0 Å². The molecule has 0 aliphatic rings. The Morgan fingerprint density at radius 1 is 0.825 bits per heavy atom. The van der Waals surface area contributed by atoms with Crippen molar-refractivity contribution in [1.29, 1.82) is 0 Å². The number of nitrogens with one attached hydrogen (secondary N) is 2. The summed E-state index contributed by atoms with van der Waals surface area (Å²) in [5.41, 5.74) is -2.94. The van der Waals surface area contributed by atoms with Crippen molar-refractivity contribution in [2.45, 2.75) is 43.8 Å². The van der Waals surface area contributed by atoms with Crippen molar-refractivity contribution in [2.24, 2.45) is 0 Å². The monoisotopic (exact) mass is 594 g/mol. The zero-order valence-corrected chi connectivity index (χ0v) is 23.5. The fourth-order valence-corrected chi connectivity index (χ4v) is 5.77. The van der Waals surface area contributed by atoms with Gasteiger partial charge in [0.2, 0.25) is 15.9 Å². The van der Waals surface area contributed by atoms with Crippen molar-refractivity contribution in [2.75, 3.05) is 12.3 Å². The lowest BCUT2D eigenvalue weighted by Gasteiger charge is -2.20. The summed E-state index contributed by atoms with van der Waals surface area (Å²) >= 11 is 0. The number of sulfonamides is 1. The van der Waals surface area contributed by atoms with Crippen LogP contribution in [0.2, 0.25) is 0 Å². The lowest BCUT2D eigenvalue weighted by molar-refractivity contribution is -0.122. The highest BCUT2D eigenvalue weighted by molar-refractivity contribution is 7.89. The molecule has 0 radical (unpaired) electrons. The van der Waals surface area contributed by atoms with Gasteiger partial charge in [0.25, 0.3) is 0 Å². The first-order valence-corrected chi connectivity index (χ1v) is 16.0. The number of alkyl halides is 2. The van der Waals surface area contributed by atoms with Gasteiger partial charge in [-0.3, -0.25) is 9.36 Å². The molecule has 0 aromatic heterocycles. The smallest absolute Gasteiger partial charge is 0.355 e. The molecule has 216 valence electrons. The van der Waals surface area contributed by atoms with E-state index in [1.807, 2.05) is 36.4 Å². The normalized spacial score (nSPS) is 13.1. The summed E-state index contributed by atoms with van der Waals surface area (Å²) in [4.78, 5) is 31.0. The maximum absolute atomic E-state index is 14.0. The van der Waals surface area contributed by atoms with Crippen LogP contribution in [0.5, 0.6) is 0 Å². The number of carbonyl (C=O) groups is 1. The van der Waals surface area contributed by atoms with Gasteiger partial charge in [0.1, 0.15) is 6.04 Å². The highest BCUT2D eigenvalue weighted by Gasteiger charge is 2.50. The van der Waals surface area contributed by atoms with Crippen molar-refractivity contribution in [3.8, 4) is 0 Å². The number of hydrogen-bond acceptors (Lipinski definition) is 4. The number of unbranched alkanes of at least 4 members (excludes halogenated alkanes) is 1. The second-order valence-corrected chi connectivity index (χ2v) is 13.0. The quantitative estimate of drug-likeness (QED) is 0.155. The van der Waals surface area contributed by atoms with Gasteiger partial charge in [0, 0.05) is 12.1 Å². The minimum atomic E-state index is -5.74. The van der Waals surface area contributed by atoms with E-state index in [-0.39, 0.29) is 18.6 Å². The third-order valence-electron chi connectivity index (χ3n) is 6.28. The van der Waals surface area contributed by atoms with Gasteiger partial charge in [0.05, 0.1) is 5.75 Å². The predicted octanol–water partition coefficient (Wildman–Crippen LogP) is 4.13. The fourth-order valence-electron chi connectivity index (χ4n) is 4.04. The molecule has 3 aromatic rings. The van der Waals surface area contributed by atoms with Gasteiger partial charge in [-0.15, -0.1) is 0 Å². The van der Waals surface area contributed by atoms with Crippen LogP contribution in [-0.4, -0.2) is 42.5 Å². The van der Waals surface area contributed by atoms with Gasteiger partial charge in [-0.2, -0.15) is 8.78 Å². The average Bonchev–Trinajstić information content (AvgIpc) is 2.92. The first-order chi connectivity index (χ1) is 18.9. The van der Waals surface area contributed by atoms with Crippen molar-refractivity contribution >= 4 is 23.5 Å². The standard InChI is InChI=1S/C28H33F2N2O6PS/c29-28(30,39(34,35)36)25-16-14-24(15-17-25)21-26(32-40(37,38)20-18-23-11-5-2-6-12-23)27(33)31-19-8-7-13-22-9-3-1-4-10-22/h1-6,9-12,14-17,26,32H,7-8,13,18-21H2,(H,31,33)(H2,34,35,36). The van der Waals surface area contributed by atoms with E-state index in [4.69, 9.17) is 9.79 Å². The topological polar surface area (TPSA) is 133 Å². The number of aryl methyl sites for hydroxylation is 2. The van der Waals surface area contributed by atoms with E-state index >= 15 is 0 Å². The summed E-state index contributed by atoms with van der Waals surface area (Å²) in [6.45, 7) is 0.321. The van der Waals surface area contributed by atoms with Crippen molar-refractivity contribution in [1.82, 2.24) is 10.0 Å². The molecular formula is C28H33F2N2O6PS. The minimum Gasteiger partial charge on any atom is -0.355 e. The number of rotatable bonds is 15. The average molecular weight is 595 g/mol. The Kier molecular flexibility index (Phi) is 11.1. The Morgan fingerprint density at radius 2 is 1.38 bits per heavy atom. The van der Waals surface area contributed by atoms with Gasteiger partial charge >= 0.3 is 13.3 Å². The Morgan fingerprint density at radius 3 is 1.93 bits per heavy atom. The molecule has 40 heavy (non-hydrogen) atoms. The van der Waals surface area contributed by atoms with E-state index in [1.54, 1.807) is 24.3 Å². The van der Waals surface area contributed by atoms with Crippen LogP contribution in [0.25, 0.3) is 0 Å². The van der Waals surface area contributed by atoms with E-state index in [1.165, 1.54) is 17.7 Å². The van der Waals surface area contributed by atoms with Crippen molar-refractivity contribution in [3.63, 3.8) is 0 Å². The summed E-state index contributed by atoms with van der Waals surface area (Å²) in [7, 11) is -9.64. The van der Waals surface area contributed by atoms with Crippen LogP contribution in [0.4, 0.5) is 8.78 Å². The maximum Gasteiger partial charge on any atom is 0.399 e. The van der Waals surface area contributed by atoms with Crippen LogP contribution >= 0.6 is 7.60 Å². The van der Waals surface area contributed by atoms with E-state index in [2.05, 4.69) is 10.0 Å². The van der Waals surface area contributed by atoms with Gasteiger partial charge < -0.3 is 15.1 Å². The van der Waals surface area contributed by atoms with Crippen LogP contribution in [0.15, 0.2) is 84.9 Å². The Labute approximate surface area is 233 Å². The molecule has 0 saturated heterocycles. The molecule has 0 heterocycles. The highest BCUT2D eigenvalue weighted by atomic mass is 32.2. The molecule has 0 bridgehead atoms. The highest BCUT2D eigenvalue weighted by Crippen LogP contribution is 2.59. The molecule has 0 fully saturated rings. The summed E-state index contributed by atoms with van der Waals surface area (Å²) < 4.78 is 67.4. The van der Waals surface area contributed by atoms with Gasteiger partial charge in [-0.1, -0.05) is 84.9 Å². The lowest BCUT2D eigenvalue weighted by Crippen LogP contribution is -2.48. The molecule has 3 rings (SSSR count). The molecule has 1 unspecified atom stereocenters. The van der Waals surface area contributed by atoms with Gasteiger partial charge in [0.15, 0.2) is 0 Å². The molecule has 1 atom stereocenters. The first kappa shape index (κ1) is 31.6. The second kappa shape index (κ2) is 14.1. The molecular weight excluding hydrogens is 561 g/mol. The third kappa shape index (κ3) is 9.60. The zero-order chi connectivity index (χ0) is 29.2. The molecule has 0 saturated carbocycles. The Balaban J connectivity index is 1.66. The van der Waals surface area contributed by atoms with Gasteiger partial charge in [-0.25, -0.2) is 13.1 Å². The lowest BCUT2D eigenvalue weighted by atomic mass is 10.0. The summed E-state index contributed by atoms with van der Waals surface area (Å²) in [6.07, 6.45) is 2.39. The largest absolute Gasteiger partial charge is 0.399 e.